The Morgan fingerprint density at radius 3 is 2.21 bits per heavy atom. The van der Waals surface area contributed by atoms with Crippen molar-refractivity contribution in [1.29, 1.82) is 0 Å². The number of urea groups is 1. The fraction of sp³-hybridized carbons (Fsp3) is 0.435. The Balaban J connectivity index is 1.54. The first-order valence-electron chi connectivity index (χ1n) is 9.93. The van der Waals surface area contributed by atoms with Gasteiger partial charge in [-0.25, -0.2) is 4.79 Å². The molecule has 0 bridgehead atoms. The zero-order chi connectivity index (χ0) is 20.1. The van der Waals surface area contributed by atoms with Crippen LogP contribution in [-0.4, -0.2) is 47.1 Å². The zero-order valence-corrected chi connectivity index (χ0v) is 17.1. The molecule has 0 spiro atoms. The van der Waals surface area contributed by atoms with Gasteiger partial charge < -0.3 is 15.3 Å². The third-order valence-electron chi connectivity index (χ3n) is 5.53. The molecule has 28 heavy (non-hydrogen) atoms. The maximum Gasteiger partial charge on any atom is 0.318 e. The number of aliphatic hydroxyl groups excluding tert-OH is 1. The minimum absolute atomic E-state index is 0.0130. The van der Waals surface area contributed by atoms with Crippen molar-refractivity contribution in [2.24, 2.45) is 0 Å². The van der Waals surface area contributed by atoms with Gasteiger partial charge in [0.2, 0.25) is 0 Å². The van der Waals surface area contributed by atoms with Crippen molar-refractivity contribution < 1.29 is 9.90 Å². The minimum Gasteiger partial charge on any atom is -0.392 e. The van der Waals surface area contributed by atoms with Crippen molar-refractivity contribution >= 4 is 6.03 Å². The normalized spacial score (nSPS) is 15.5. The molecule has 0 radical (unpaired) electrons. The van der Waals surface area contributed by atoms with Gasteiger partial charge in [0.25, 0.3) is 0 Å². The fourth-order valence-corrected chi connectivity index (χ4v) is 3.60. The van der Waals surface area contributed by atoms with Gasteiger partial charge in [-0.15, -0.1) is 0 Å². The van der Waals surface area contributed by atoms with Gasteiger partial charge in [0, 0.05) is 32.7 Å². The lowest BCUT2D eigenvalue weighted by atomic mass is 9.93. The Morgan fingerprint density at radius 1 is 1.00 bits per heavy atom. The van der Waals surface area contributed by atoms with Gasteiger partial charge in [-0.3, -0.25) is 4.90 Å². The van der Waals surface area contributed by atoms with Gasteiger partial charge in [0.15, 0.2) is 0 Å². The van der Waals surface area contributed by atoms with Crippen LogP contribution in [0.25, 0.3) is 0 Å². The Hall–Kier alpha value is -2.37. The number of nitrogens with zero attached hydrogens (tertiary/aromatic N) is 2. The molecular formula is C23H31N3O2. The van der Waals surface area contributed by atoms with Crippen molar-refractivity contribution in [1.82, 2.24) is 15.1 Å². The van der Waals surface area contributed by atoms with Gasteiger partial charge >= 0.3 is 6.03 Å². The number of rotatable bonds is 5. The number of benzene rings is 2. The van der Waals surface area contributed by atoms with Crippen LogP contribution in [0.15, 0.2) is 48.5 Å². The number of hydrogen-bond acceptors (Lipinski definition) is 3. The summed E-state index contributed by atoms with van der Waals surface area (Å²) in [6.07, 6.45) is 0. The van der Waals surface area contributed by atoms with E-state index < -0.39 is 5.54 Å². The first-order chi connectivity index (χ1) is 13.4. The lowest BCUT2D eigenvalue weighted by Crippen LogP contribution is -2.54. The summed E-state index contributed by atoms with van der Waals surface area (Å²) in [4.78, 5) is 17.0. The smallest absolute Gasteiger partial charge is 0.318 e. The average molecular weight is 382 g/mol. The van der Waals surface area contributed by atoms with Crippen LogP contribution in [0.2, 0.25) is 0 Å². The lowest BCUT2D eigenvalue weighted by Gasteiger charge is -2.37. The van der Waals surface area contributed by atoms with E-state index in [1.54, 1.807) is 0 Å². The first kappa shape index (κ1) is 20.4. The number of nitrogens with one attached hydrogen (secondary N) is 1. The number of amides is 2. The molecule has 3 rings (SSSR count). The third kappa shape index (κ3) is 4.91. The summed E-state index contributed by atoms with van der Waals surface area (Å²) >= 11 is 0. The van der Waals surface area contributed by atoms with Crippen molar-refractivity contribution in [2.75, 3.05) is 26.2 Å². The van der Waals surface area contributed by atoms with Gasteiger partial charge in [-0.05, 0) is 37.5 Å². The highest BCUT2D eigenvalue weighted by Gasteiger charge is 2.27. The molecule has 1 heterocycles. The first-order valence-corrected chi connectivity index (χ1v) is 9.93. The van der Waals surface area contributed by atoms with Crippen LogP contribution in [0.4, 0.5) is 4.79 Å². The van der Waals surface area contributed by atoms with E-state index in [-0.39, 0.29) is 12.6 Å². The number of carbonyl (C=O) groups is 1. The largest absolute Gasteiger partial charge is 0.392 e. The second-order valence-corrected chi connectivity index (χ2v) is 8.11. The molecule has 5 nitrogen and oxygen atoms in total. The Bertz CT molecular complexity index is 794. The summed E-state index contributed by atoms with van der Waals surface area (Å²) in [6, 6.07) is 16.3. The average Bonchev–Trinajstić information content (AvgIpc) is 2.69. The quantitative estimate of drug-likeness (QED) is 0.836. The van der Waals surface area contributed by atoms with Gasteiger partial charge in [0.1, 0.15) is 0 Å². The fourth-order valence-electron chi connectivity index (χ4n) is 3.60. The van der Waals surface area contributed by atoms with Gasteiger partial charge in [-0.2, -0.15) is 0 Å². The summed E-state index contributed by atoms with van der Waals surface area (Å²) in [5.41, 5.74) is 4.03. The van der Waals surface area contributed by atoms with E-state index in [4.69, 9.17) is 0 Å². The molecule has 0 saturated carbocycles. The summed E-state index contributed by atoms with van der Waals surface area (Å²) in [6.45, 7) is 10.1. The molecule has 2 N–H and O–H groups in total. The van der Waals surface area contributed by atoms with E-state index in [0.717, 1.165) is 36.3 Å². The minimum atomic E-state index is -0.415. The summed E-state index contributed by atoms with van der Waals surface area (Å²) < 4.78 is 0. The van der Waals surface area contributed by atoms with Crippen molar-refractivity contribution in [3.8, 4) is 0 Å². The number of hydrogen-bond donors (Lipinski definition) is 2. The second-order valence-electron chi connectivity index (χ2n) is 8.11. The van der Waals surface area contributed by atoms with E-state index in [9.17, 15) is 9.90 Å². The molecule has 150 valence electrons. The highest BCUT2D eigenvalue weighted by Crippen LogP contribution is 2.21. The van der Waals surface area contributed by atoms with E-state index in [2.05, 4.69) is 47.5 Å². The second kappa shape index (κ2) is 8.76. The van der Waals surface area contributed by atoms with Gasteiger partial charge in [0.05, 0.1) is 12.1 Å². The maximum absolute atomic E-state index is 12.8. The molecule has 2 amide bonds. The van der Waals surface area contributed by atoms with E-state index in [0.29, 0.717) is 13.1 Å². The van der Waals surface area contributed by atoms with Crippen molar-refractivity contribution in [3.05, 3.63) is 70.8 Å². The van der Waals surface area contributed by atoms with Gasteiger partial charge in [-0.1, -0.05) is 54.1 Å². The molecule has 1 aliphatic rings. The zero-order valence-electron chi connectivity index (χ0n) is 17.1. The number of piperazine rings is 1. The lowest BCUT2D eigenvalue weighted by molar-refractivity contribution is 0.129. The van der Waals surface area contributed by atoms with Crippen LogP contribution in [0.1, 0.15) is 36.1 Å². The Kier molecular flexibility index (Phi) is 6.37. The number of carbonyl (C=O) groups excluding carboxylic acids is 1. The third-order valence-corrected chi connectivity index (χ3v) is 5.53. The number of aliphatic hydroxyl groups is 1. The predicted octanol–water partition coefficient (Wildman–Crippen LogP) is 3.25. The monoisotopic (exact) mass is 381 g/mol. The summed E-state index contributed by atoms with van der Waals surface area (Å²) in [7, 11) is 0. The van der Waals surface area contributed by atoms with E-state index in [1.165, 1.54) is 5.56 Å². The Morgan fingerprint density at radius 2 is 1.61 bits per heavy atom. The van der Waals surface area contributed by atoms with Crippen LogP contribution in [0.3, 0.4) is 0 Å². The van der Waals surface area contributed by atoms with Crippen LogP contribution >= 0.6 is 0 Å². The Labute approximate surface area is 168 Å². The molecular weight excluding hydrogens is 350 g/mol. The summed E-state index contributed by atoms with van der Waals surface area (Å²) in [5, 5.41) is 12.7. The molecule has 0 atom stereocenters. The molecule has 0 aromatic heterocycles. The molecule has 1 saturated heterocycles. The number of aryl methyl sites for hydroxylation is 1. The van der Waals surface area contributed by atoms with Crippen molar-refractivity contribution in [3.63, 3.8) is 0 Å². The molecule has 1 fully saturated rings. The van der Waals surface area contributed by atoms with Crippen molar-refractivity contribution in [2.45, 2.75) is 39.5 Å². The highest BCUT2D eigenvalue weighted by molar-refractivity contribution is 5.75. The van der Waals surface area contributed by atoms with Crippen LogP contribution in [0.5, 0.6) is 0 Å². The molecule has 1 aliphatic heterocycles. The maximum atomic E-state index is 12.8. The molecule has 2 aromatic rings. The van der Waals surface area contributed by atoms with Crippen LogP contribution < -0.4 is 5.32 Å². The highest BCUT2D eigenvalue weighted by atomic mass is 16.3. The SMILES string of the molecule is Cc1ccc(C(C)(C)NC(=O)N2CCN(Cc3ccccc3CO)CC2)cc1. The molecule has 5 heteroatoms. The van der Waals surface area contributed by atoms with Crippen LogP contribution in [0, 0.1) is 6.92 Å². The molecule has 0 aliphatic carbocycles. The topological polar surface area (TPSA) is 55.8 Å². The molecule has 0 unspecified atom stereocenters. The van der Waals surface area contributed by atoms with E-state index >= 15 is 0 Å². The molecule has 2 aromatic carbocycles. The standard InChI is InChI=1S/C23H31N3O2/c1-18-8-10-21(11-9-18)23(2,3)24-22(28)26-14-12-25(13-15-26)16-19-6-4-5-7-20(19)17-27/h4-11,27H,12-17H2,1-3H3,(H,24,28). The van der Waals surface area contributed by atoms with E-state index in [1.807, 2.05) is 36.9 Å². The predicted molar refractivity (Wildman–Crippen MR) is 112 cm³/mol. The van der Waals surface area contributed by atoms with Crippen LogP contribution in [-0.2, 0) is 18.7 Å². The summed E-state index contributed by atoms with van der Waals surface area (Å²) in [5.74, 6) is 0.